The summed E-state index contributed by atoms with van der Waals surface area (Å²) < 4.78 is 5.32. The molecule has 1 aliphatic carbocycles. The number of ether oxygens (including phenoxy) is 1. The summed E-state index contributed by atoms with van der Waals surface area (Å²) in [4.78, 5) is 35.0. The summed E-state index contributed by atoms with van der Waals surface area (Å²) in [5, 5.41) is 5.44. The number of carbonyl (C=O) groups excluding carboxylic acids is 3. The maximum Gasteiger partial charge on any atom is 0.343 e. The van der Waals surface area contributed by atoms with Crippen LogP contribution in [-0.2, 0) is 9.59 Å². The van der Waals surface area contributed by atoms with Gasteiger partial charge in [-0.1, -0.05) is 6.07 Å². The van der Waals surface area contributed by atoms with E-state index in [0.29, 0.717) is 22.7 Å². The second kappa shape index (κ2) is 7.17. The third-order valence-corrected chi connectivity index (χ3v) is 3.70. The third kappa shape index (κ3) is 4.67. The quantitative estimate of drug-likeness (QED) is 0.647. The number of carbonyl (C=O) groups is 3. The second-order valence-corrected chi connectivity index (χ2v) is 5.94. The smallest absolute Gasteiger partial charge is 0.343 e. The van der Waals surface area contributed by atoms with E-state index < -0.39 is 5.97 Å². The first kappa shape index (κ1) is 16.7. The number of amides is 2. The topological polar surface area (TPSA) is 84.5 Å². The van der Waals surface area contributed by atoms with Crippen LogP contribution in [0, 0.1) is 5.92 Å². The van der Waals surface area contributed by atoms with Crippen molar-refractivity contribution in [3.05, 3.63) is 54.1 Å². The molecule has 0 bridgehead atoms. The average molecular weight is 338 g/mol. The van der Waals surface area contributed by atoms with Crippen molar-refractivity contribution in [2.24, 2.45) is 5.92 Å². The fourth-order valence-electron chi connectivity index (χ4n) is 2.29. The second-order valence-electron chi connectivity index (χ2n) is 5.94. The fourth-order valence-corrected chi connectivity index (χ4v) is 2.29. The monoisotopic (exact) mass is 338 g/mol. The van der Waals surface area contributed by atoms with Crippen LogP contribution in [-0.4, -0.2) is 17.8 Å². The predicted molar refractivity (Wildman–Crippen MR) is 93.5 cm³/mol. The molecular weight excluding hydrogens is 320 g/mol. The molecular formula is C19H18N2O4. The zero-order chi connectivity index (χ0) is 17.8. The molecule has 0 heterocycles. The predicted octanol–water partition coefficient (Wildman–Crippen LogP) is 3.21. The van der Waals surface area contributed by atoms with E-state index in [2.05, 4.69) is 10.6 Å². The average Bonchev–Trinajstić information content (AvgIpc) is 3.41. The number of rotatable bonds is 5. The fraction of sp³-hybridized carbons (Fsp3) is 0.211. The first-order valence-corrected chi connectivity index (χ1v) is 8.02. The molecule has 1 saturated carbocycles. The molecule has 6 nitrogen and oxygen atoms in total. The Morgan fingerprint density at radius 2 is 1.68 bits per heavy atom. The van der Waals surface area contributed by atoms with Crippen molar-refractivity contribution in [2.45, 2.75) is 19.8 Å². The molecule has 0 unspecified atom stereocenters. The van der Waals surface area contributed by atoms with Crippen LogP contribution in [0.15, 0.2) is 48.5 Å². The number of hydrogen-bond acceptors (Lipinski definition) is 4. The van der Waals surface area contributed by atoms with Gasteiger partial charge in [-0.15, -0.1) is 0 Å². The molecule has 2 aromatic carbocycles. The number of nitrogens with one attached hydrogen (secondary N) is 2. The zero-order valence-corrected chi connectivity index (χ0v) is 13.7. The standard InChI is InChI=1S/C19H18N2O4/c1-12(22)20-15-7-9-17(10-8-15)25-19(24)14-3-2-4-16(11-14)21-18(23)13-5-6-13/h2-4,7-11,13H,5-6H2,1H3,(H,20,22)(H,21,23). The molecule has 128 valence electrons. The van der Waals surface area contributed by atoms with Gasteiger partial charge in [0.15, 0.2) is 0 Å². The van der Waals surface area contributed by atoms with Crippen LogP contribution in [0.5, 0.6) is 5.75 Å². The van der Waals surface area contributed by atoms with E-state index >= 15 is 0 Å². The van der Waals surface area contributed by atoms with E-state index in [1.54, 1.807) is 48.5 Å². The minimum atomic E-state index is -0.519. The van der Waals surface area contributed by atoms with Gasteiger partial charge in [0.25, 0.3) is 0 Å². The van der Waals surface area contributed by atoms with Crippen molar-refractivity contribution in [2.75, 3.05) is 10.6 Å². The molecule has 0 aromatic heterocycles. The molecule has 3 rings (SSSR count). The van der Waals surface area contributed by atoms with Gasteiger partial charge < -0.3 is 15.4 Å². The summed E-state index contributed by atoms with van der Waals surface area (Å²) in [6.07, 6.45) is 1.84. The van der Waals surface area contributed by atoms with Gasteiger partial charge in [0, 0.05) is 24.2 Å². The number of benzene rings is 2. The summed E-state index contributed by atoms with van der Waals surface area (Å²) in [6.45, 7) is 1.42. The molecule has 2 aromatic rings. The maximum absolute atomic E-state index is 12.3. The maximum atomic E-state index is 12.3. The molecule has 0 radical (unpaired) electrons. The summed E-state index contributed by atoms with van der Waals surface area (Å²) in [7, 11) is 0. The lowest BCUT2D eigenvalue weighted by Crippen LogP contribution is -2.14. The Morgan fingerprint density at radius 3 is 2.32 bits per heavy atom. The van der Waals surface area contributed by atoms with Crippen LogP contribution in [0.25, 0.3) is 0 Å². The molecule has 6 heteroatoms. The van der Waals surface area contributed by atoms with E-state index in [1.165, 1.54) is 6.92 Å². The van der Waals surface area contributed by atoms with Crippen molar-refractivity contribution in [3.8, 4) is 5.75 Å². The van der Waals surface area contributed by atoms with Gasteiger partial charge in [-0.2, -0.15) is 0 Å². The normalized spacial score (nSPS) is 13.0. The van der Waals surface area contributed by atoms with Crippen molar-refractivity contribution in [1.29, 1.82) is 0 Å². The van der Waals surface area contributed by atoms with Gasteiger partial charge in [0.1, 0.15) is 5.75 Å². The van der Waals surface area contributed by atoms with Gasteiger partial charge in [0.2, 0.25) is 11.8 Å². The Labute approximate surface area is 145 Å². The van der Waals surface area contributed by atoms with E-state index in [1.807, 2.05) is 0 Å². The van der Waals surface area contributed by atoms with Crippen LogP contribution in [0.2, 0.25) is 0 Å². The highest BCUT2D eigenvalue weighted by atomic mass is 16.5. The van der Waals surface area contributed by atoms with Crippen molar-refractivity contribution in [3.63, 3.8) is 0 Å². The highest BCUT2D eigenvalue weighted by Crippen LogP contribution is 2.30. The Balaban J connectivity index is 1.64. The van der Waals surface area contributed by atoms with Gasteiger partial charge in [-0.25, -0.2) is 4.79 Å². The van der Waals surface area contributed by atoms with Crippen molar-refractivity contribution in [1.82, 2.24) is 0 Å². The van der Waals surface area contributed by atoms with Gasteiger partial charge in [-0.05, 0) is 55.3 Å². The van der Waals surface area contributed by atoms with E-state index in [9.17, 15) is 14.4 Å². The van der Waals surface area contributed by atoms with E-state index in [4.69, 9.17) is 4.74 Å². The molecule has 0 atom stereocenters. The third-order valence-electron chi connectivity index (χ3n) is 3.70. The molecule has 0 aliphatic heterocycles. The Morgan fingerprint density at radius 1 is 0.960 bits per heavy atom. The first-order chi connectivity index (χ1) is 12.0. The molecule has 2 amide bonds. The molecule has 0 saturated heterocycles. The number of hydrogen-bond donors (Lipinski definition) is 2. The lowest BCUT2D eigenvalue weighted by atomic mass is 10.2. The zero-order valence-electron chi connectivity index (χ0n) is 13.7. The Bertz CT molecular complexity index is 810. The van der Waals surface area contributed by atoms with Gasteiger partial charge in [0.05, 0.1) is 5.56 Å². The van der Waals surface area contributed by atoms with Crippen LogP contribution < -0.4 is 15.4 Å². The molecule has 0 spiro atoms. The highest BCUT2D eigenvalue weighted by molar-refractivity contribution is 5.97. The summed E-state index contributed by atoms with van der Waals surface area (Å²) in [6, 6.07) is 13.1. The first-order valence-electron chi connectivity index (χ1n) is 8.02. The summed E-state index contributed by atoms with van der Waals surface area (Å²) in [5.74, 6) is -0.243. The van der Waals surface area contributed by atoms with Crippen LogP contribution in [0.3, 0.4) is 0 Å². The summed E-state index contributed by atoms with van der Waals surface area (Å²) >= 11 is 0. The SMILES string of the molecule is CC(=O)Nc1ccc(OC(=O)c2cccc(NC(=O)C3CC3)c2)cc1. The lowest BCUT2D eigenvalue weighted by Gasteiger charge is -2.08. The van der Waals surface area contributed by atoms with E-state index in [-0.39, 0.29) is 17.7 Å². The van der Waals surface area contributed by atoms with Crippen molar-refractivity contribution >= 4 is 29.2 Å². The molecule has 25 heavy (non-hydrogen) atoms. The highest BCUT2D eigenvalue weighted by Gasteiger charge is 2.29. The minimum Gasteiger partial charge on any atom is -0.423 e. The molecule has 2 N–H and O–H groups in total. The van der Waals surface area contributed by atoms with Gasteiger partial charge in [-0.3, -0.25) is 9.59 Å². The molecule has 1 aliphatic rings. The van der Waals surface area contributed by atoms with Crippen LogP contribution in [0.4, 0.5) is 11.4 Å². The Kier molecular flexibility index (Phi) is 4.79. The van der Waals surface area contributed by atoms with Gasteiger partial charge >= 0.3 is 5.97 Å². The van der Waals surface area contributed by atoms with E-state index in [0.717, 1.165) is 12.8 Å². The van der Waals surface area contributed by atoms with Crippen LogP contribution >= 0.6 is 0 Å². The molecule has 1 fully saturated rings. The minimum absolute atomic E-state index is 0.0147. The van der Waals surface area contributed by atoms with Crippen molar-refractivity contribution < 1.29 is 19.1 Å². The largest absolute Gasteiger partial charge is 0.423 e. The number of esters is 1. The summed E-state index contributed by atoms with van der Waals surface area (Å²) in [5.41, 5.74) is 1.55. The van der Waals surface area contributed by atoms with Crippen LogP contribution in [0.1, 0.15) is 30.1 Å². The lowest BCUT2D eigenvalue weighted by molar-refractivity contribution is -0.117. The Hall–Kier alpha value is -3.15. The number of anilines is 2.